The van der Waals surface area contributed by atoms with E-state index in [0.29, 0.717) is 16.9 Å². The summed E-state index contributed by atoms with van der Waals surface area (Å²) >= 11 is 0. The lowest BCUT2D eigenvalue weighted by molar-refractivity contribution is -0.137. The summed E-state index contributed by atoms with van der Waals surface area (Å²) < 4.78 is 43.6. The molecule has 0 saturated heterocycles. The molecule has 1 unspecified atom stereocenters. The Bertz CT molecular complexity index is 933. The number of amides is 1. The smallest absolute Gasteiger partial charge is 0.416 e. The minimum Gasteiger partial charge on any atom is -0.441 e. The van der Waals surface area contributed by atoms with Gasteiger partial charge in [0.2, 0.25) is 5.90 Å². The number of nitrogens with one attached hydrogen (secondary N) is 3. The molecule has 1 atom stereocenters. The summed E-state index contributed by atoms with van der Waals surface area (Å²) in [5, 5.41) is 9.51. The monoisotopic (exact) mass is 388 g/mol. The second-order valence-electron chi connectivity index (χ2n) is 5.71. The number of nitrogens with zero attached hydrogens (tertiary/aromatic N) is 1. The molecule has 3 N–H and O–H groups in total. The summed E-state index contributed by atoms with van der Waals surface area (Å²) in [5.41, 5.74) is 3.36. The van der Waals surface area contributed by atoms with E-state index in [1.165, 1.54) is 12.1 Å². The van der Waals surface area contributed by atoms with Crippen molar-refractivity contribution in [3.63, 3.8) is 0 Å². The van der Waals surface area contributed by atoms with Gasteiger partial charge in [-0.15, -0.1) is 11.5 Å². The minimum absolute atomic E-state index is 0.0573. The van der Waals surface area contributed by atoms with Gasteiger partial charge in [-0.2, -0.15) is 13.2 Å². The van der Waals surface area contributed by atoms with E-state index in [0.717, 1.165) is 12.1 Å². The first-order valence-corrected chi connectivity index (χ1v) is 8.13. The summed E-state index contributed by atoms with van der Waals surface area (Å²) in [6, 6.07) is 11.5. The van der Waals surface area contributed by atoms with Crippen LogP contribution in [0.1, 0.15) is 11.1 Å². The third kappa shape index (κ3) is 4.35. The number of alkyl halides is 3. The van der Waals surface area contributed by atoms with Crippen molar-refractivity contribution in [2.24, 2.45) is 5.10 Å². The predicted molar refractivity (Wildman–Crippen MR) is 97.6 cm³/mol. The normalized spacial score (nSPS) is 15.6. The molecule has 2 aromatic carbocycles. The molecule has 1 aliphatic rings. The Hall–Kier alpha value is -3.67. The largest absolute Gasteiger partial charge is 0.441 e. The van der Waals surface area contributed by atoms with Crippen LogP contribution in [-0.4, -0.2) is 24.6 Å². The third-order valence-corrected chi connectivity index (χ3v) is 3.76. The van der Waals surface area contributed by atoms with Crippen LogP contribution in [-0.2, 0) is 15.7 Å². The highest BCUT2D eigenvalue weighted by Crippen LogP contribution is 2.31. The summed E-state index contributed by atoms with van der Waals surface area (Å²) in [7, 11) is 0. The van der Waals surface area contributed by atoms with E-state index in [4.69, 9.17) is 11.2 Å². The van der Waals surface area contributed by atoms with Crippen LogP contribution in [0.4, 0.5) is 24.5 Å². The van der Waals surface area contributed by atoms with Crippen molar-refractivity contribution in [3.05, 3.63) is 59.7 Å². The van der Waals surface area contributed by atoms with Gasteiger partial charge in [-0.3, -0.25) is 10.2 Å². The summed E-state index contributed by atoms with van der Waals surface area (Å²) in [4.78, 5) is 11.9. The lowest BCUT2D eigenvalue weighted by Gasteiger charge is -2.14. The van der Waals surface area contributed by atoms with Crippen LogP contribution in [0.25, 0.3) is 0 Å². The maximum Gasteiger partial charge on any atom is 0.416 e. The molecular weight excluding hydrogens is 373 g/mol. The van der Waals surface area contributed by atoms with E-state index >= 15 is 0 Å². The van der Waals surface area contributed by atoms with Crippen molar-refractivity contribution < 1.29 is 22.7 Å². The van der Waals surface area contributed by atoms with Gasteiger partial charge < -0.3 is 15.4 Å². The van der Waals surface area contributed by atoms with Crippen molar-refractivity contribution in [2.45, 2.75) is 12.4 Å². The van der Waals surface area contributed by atoms with Crippen molar-refractivity contribution in [3.8, 4) is 12.3 Å². The molecule has 0 spiro atoms. The SMILES string of the molecule is C#CCNC(=O)C1NN=C(c2ccccc2Nc2ccc(C(F)(F)F)cc2)O1. The molecule has 144 valence electrons. The van der Waals surface area contributed by atoms with E-state index in [9.17, 15) is 18.0 Å². The first-order chi connectivity index (χ1) is 13.4. The zero-order chi connectivity index (χ0) is 20.1. The van der Waals surface area contributed by atoms with E-state index in [1.807, 2.05) is 0 Å². The second kappa shape index (κ2) is 7.92. The Labute approximate surface area is 158 Å². The van der Waals surface area contributed by atoms with Gasteiger partial charge in [0.05, 0.1) is 23.4 Å². The third-order valence-electron chi connectivity index (χ3n) is 3.76. The van der Waals surface area contributed by atoms with Gasteiger partial charge in [0.1, 0.15) is 0 Å². The Morgan fingerprint density at radius 3 is 2.61 bits per heavy atom. The van der Waals surface area contributed by atoms with Crippen molar-refractivity contribution in [1.82, 2.24) is 10.7 Å². The van der Waals surface area contributed by atoms with E-state index in [-0.39, 0.29) is 12.4 Å². The lowest BCUT2D eigenvalue weighted by Crippen LogP contribution is -2.41. The first-order valence-electron chi connectivity index (χ1n) is 8.13. The zero-order valence-electron chi connectivity index (χ0n) is 14.4. The van der Waals surface area contributed by atoms with E-state index in [2.05, 4.69) is 27.1 Å². The first kappa shape index (κ1) is 19.1. The van der Waals surface area contributed by atoms with E-state index in [1.54, 1.807) is 24.3 Å². The molecule has 1 amide bonds. The quantitative estimate of drug-likeness (QED) is 0.689. The average molecular weight is 388 g/mol. The zero-order valence-corrected chi connectivity index (χ0v) is 14.4. The van der Waals surface area contributed by atoms with Crippen LogP contribution >= 0.6 is 0 Å². The molecule has 9 heteroatoms. The van der Waals surface area contributed by atoms with Crippen LogP contribution in [0, 0.1) is 12.3 Å². The van der Waals surface area contributed by atoms with Gasteiger partial charge in [0.25, 0.3) is 12.1 Å². The molecule has 28 heavy (non-hydrogen) atoms. The molecule has 1 aliphatic heterocycles. The number of para-hydroxylation sites is 1. The number of hydrogen-bond donors (Lipinski definition) is 3. The number of carbonyl (C=O) groups is 1. The Balaban J connectivity index is 1.74. The van der Waals surface area contributed by atoms with Gasteiger partial charge in [-0.05, 0) is 36.4 Å². The highest BCUT2D eigenvalue weighted by Gasteiger charge is 2.30. The maximum absolute atomic E-state index is 12.7. The van der Waals surface area contributed by atoms with Crippen LogP contribution in [0.3, 0.4) is 0 Å². The number of anilines is 2. The van der Waals surface area contributed by atoms with Gasteiger partial charge in [0.15, 0.2) is 0 Å². The van der Waals surface area contributed by atoms with Gasteiger partial charge in [-0.1, -0.05) is 18.1 Å². The number of carbonyl (C=O) groups excluding carboxylic acids is 1. The van der Waals surface area contributed by atoms with Crippen molar-refractivity contribution >= 4 is 23.2 Å². The number of rotatable bonds is 5. The van der Waals surface area contributed by atoms with Crippen LogP contribution in [0.5, 0.6) is 0 Å². The fourth-order valence-corrected chi connectivity index (χ4v) is 2.42. The number of benzene rings is 2. The second-order valence-corrected chi connectivity index (χ2v) is 5.71. The van der Waals surface area contributed by atoms with Crippen molar-refractivity contribution in [2.75, 3.05) is 11.9 Å². The Morgan fingerprint density at radius 1 is 1.21 bits per heavy atom. The standard InChI is InChI=1S/C19H15F3N4O2/c1-2-11-23-16(27)18-26-25-17(28-18)14-5-3-4-6-15(14)24-13-9-7-12(8-10-13)19(20,21)22/h1,3-10,18,24,26H,11H2,(H,23,27). The number of halogens is 3. The molecule has 1 heterocycles. The molecule has 0 bridgehead atoms. The fourth-order valence-electron chi connectivity index (χ4n) is 2.42. The molecule has 0 saturated carbocycles. The summed E-state index contributed by atoms with van der Waals surface area (Å²) in [6.07, 6.45) is -0.330. The van der Waals surface area contributed by atoms with Gasteiger partial charge in [-0.25, -0.2) is 0 Å². The van der Waals surface area contributed by atoms with Crippen LogP contribution in [0.2, 0.25) is 0 Å². The molecule has 0 aromatic heterocycles. The highest BCUT2D eigenvalue weighted by molar-refractivity contribution is 6.02. The number of hydrogen-bond acceptors (Lipinski definition) is 5. The molecule has 0 fully saturated rings. The van der Waals surface area contributed by atoms with Crippen LogP contribution in [0.15, 0.2) is 53.6 Å². The number of hydrazone groups is 1. The van der Waals surface area contributed by atoms with E-state index < -0.39 is 23.9 Å². The minimum atomic E-state index is -4.40. The van der Waals surface area contributed by atoms with Crippen molar-refractivity contribution in [1.29, 1.82) is 0 Å². The number of terminal acetylenes is 1. The molecular formula is C19H15F3N4O2. The lowest BCUT2D eigenvalue weighted by atomic mass is 10.1. The van der Waals surface area contributed by atoms with Gasteiger partial charge in [0, 0.05) is 5.69 Å². The van der Waals surface area contributed by atoms with Crippen LogP contribution < -0.4 is 16.1 Å². The molecule has 3 rings (SSSR count). The highest BCUT2D eigenvalue weighted by atomic mass is 19.4. The maximum atomic E-state index is 12.7. The molecule has 6 nitrogen and oxygen atoms in total. The Kier molecular flexibility index (Phi) is 5.40. The topological polar surface area (TPSA) is 74.8 Å². The van der Waals surface area contributed by atoms with Gasteiger partial charge >= 0.3 is 6.18 Å². The fraction of sp³-hybridized carbons (Fsp3) is 0.158. The average Bonchev–Trinajstić information content (AvgIpc) is 3.16. The Morgan fingerprint density at radius 2 is 1.93 bits per heavy atom. The summed E-state index contributed by atoms with van der Waals surface area (Å²) in [6.45, 7) is 0.0573. The molecule has 0 aliphatic carbocycles. The molecule has 2 aromatic rings. The number of ether oxygens (including phenoxy) is 1. The molecule has 0 radical (unpaired) electrons. The predicted octanol–water partition coefficient (Wildman–Crippen LogP) is 2.81. The summed E-state index contributed by atoms with van der Waals surface area (Å²) in [5.74, 6) is 1.98.